The van der Waals surface area contributed by atoms with Gasteiger partial charge in [0.15, 0.2) is 0 Å². The van der Waals surface area contributed by atoms with Crippen molar-refractivity contribution in [3.63, 3.8) is 0 Å². The van der Waals surface area contributed by atoms with E-state index in [1.807, 2.05) is 38.1 Å². The smallest absolute Gasteiger partial charge is 0.264 e. The van der Waals surface area contributed by atoms with Gasteiger partial charge in [0.25, 0.3) is 10.0 Å². The van der Waals surface area contributed by atoms with E-state index >= 15 is 0 Å². The number of halogens is 1. The Kier molecular flexibility index (Phi) is 5.13. The van der Waals surface area contributed by atoms with Crippen molar-refractivity contribution in [3.05, 3.63) is 52.5 Å². The molecule has 4 nitrogen and oxygen atoms in total. The first-order chi connectivity index (χ1) is 10.4. The average molecular weight is 384 g/mol. The molecule has 6 heteroatoms. The molecule has 0 radical (unpaired) electrons. The average Bonchev–Trinajstić information content (AvgIpc) is 2.49. The molecule has 0 fully saturated rings. The monoisotopic (exact) mass is 383 g/mol. The van der Waals surface area contributed by atoms with Crippen molar-refractivity contribution >= 4 is 31.6 Å². The van der Waals surface area contributed by atoms with Crippen LogP contribution in [0.2, 0.25) is 0 Å². The largest absolute Gasteiger partial charge is 0.496 e. The minimum absolute atomic E-state index is 0.225. The molecule has 2 aromatic carbocycles. The first kappa shape index (κ1) is 16.8. The van der Waals surface area contributed by atoms with E-state index < -0.39 is 10.0 Å². The number of hydrogen-bond acceptors (Lipinski definition) is 3. The highest BCUT2D eigenvalue weighted by Gasteiger charge is 2.24. The second kappa shape index (κ2) is 6.71. The van der Waals surface area contributed by atoms with Crippen molar-refractivity contribution in [3.8, 4) is 5.75 Å². The number of anilines is 1. The summed E-state index contributed by atoms with van der Waals surface area (Å²) in [6.07, 6.45) is 0. The van der Waals surface area contributed by atoms with Crippen LogP contribution in [0.25, 0.3) is 0 Å². The van der Waals surface area contributed by atoms with Crippen molar-refractivity contribution in [2.45, 2.75) is 18.7 Å². The SMILES string of the molecule is CCN(c1ccc(C)cc1)S(=O)(=O)c1ccc(OC)c(Br)c1. The number of methoxy groups -OCH3 is 1. The summed E-state index contributed by atoms with van der Waals surface area (Å²) in [5.41, 5.74) is 1.74. The van der Waals surface area contributed by atoms with Crippen LogP contribution < -0.4 is 9.04 Å². The molecule has 22 heavy (non-hydrogen) atoms. The van der Waals surface area contributed by atoms with Gasteiger partial charge in [-0.25, -0.2) is 8.42 Å². The molecular weight excluding hydrogens is 366 g/mol. The summed E-state index contributed by atoms with van der Waals surface area (Å²) in [4.78, 5) is 0.225. The lowest BCUT2D eigenvalue weighted by atomic mass is 10.2. The van der Waals surface area contributed by atoms with Crippen LogP contribution in [0.5, 0.6) is 5.75 Å². The van der Waals surface area contributed by atoms with Gasteiger partial charge in [0.2, 0.25) is 0 Å². The van der Waals surface area contributed by atoms with Crippen molar-refractivity contribution in [2.75, 3.05) is 18.0 Å². The van der Waals surface area contributed by atoms with Crippen LogP contribution >= 0.6 is 15.9 Å². The third-order valence-electron chi connectivity index (χ3n) is 3.32. The Bertz CT molecular complexity index is 757. The van der Waals surface area contributed by atoms with Crippen molar-refractivity contribution in [2.24, 2.45) is 0 Å². The normalized spacial score (nSPS) is 11.3. The molecule has 2 aromatic rings. The second-order valence-electron chi connectivity index (χ2n) is 4.80. The van der Waals surface area contributed by atoms with Crippen LogP contribution in [0.4, 0.5) is 5.69 Å². The van der Waals surface area contributed by atoms with Gasteiger partial charge in [0.1, 0.15) is 5.75 Å². The van der Waals surface area contributed by atoms with Gasteiger partial charge < -0.3 is 4.74 Å². The zero-order chi connectivity index (χ0) is 16.3. The molecule has 0 spiro atoms. The van der Waals surface area contributed by atoms with Gasteiger partial charge in [0, 0.05) is 6.54 Å². The standard InChI is InChI=1S/C16H18BrNO3S/c1-4-18(13-7-5-12(2)6-8-13)22(19,20)14-9-10-16(21-3)15(17)11-14/h5-11H,4H2,1-3H3. The summed E-state index contributed by atoms with van der Waals surface area (Å²) >= 11 is 3.33. The number of nitrogens with zero attached hydrogens (tertiary/aromatic N) is 1. The molecule has 0 saturated heterocycles. The maximum absolute atomic E-state index is 12.9. The third kappa shape index (κ3) is 3.28. The van der Waals surface area contributed by atoms with Crippen LogP contribution in [0.3, 0.4) is 0 Å². The van der Waals surface area contributed by atoms with Crippen LogP contribution in [-0.4, -0.2) is 22.1 Å². The summed E-state index contributed by atoms with van der Waals surface area (Å²) in [7, 11) is -2.08. The summed E-state index contributed by atoms with van der Waals surface area (Å²) in [6, 6.07) is 12.2. The van der Waals surface area contributed by atoms with Crippen molar-refractivity contribution in [1.82, 2.24) is 0 Å². The van der Waals surface area contributed by atoms with Gasteiger partial charge in [-0.15, -0.1) is 0 Å². The fourth-order valence-corrected chi connectivity index (χ4v) is 4.33. The van der Waals surface area contributed by atoms with E-state index in [2.05, 4.69) is 15.9 Å². The molecule has 0 N–H and O–H groups in total. The Balaban J connectivity index is 2.47. The number of sulfonamides is 1. The fourth-order valence-electron chi connectivity index (χ4n) is 2.14. The van der Waals surface area contributed by atoms with E-state index in [0.717, 1.165) is 5.56 Å². The first-order valence-corrected chi connectivity index (χ1v) is 9.06. The molecule has 0 bridgehead atoms. The maximum Gasteiger partial charge on any atom is 0.264 e. The van der Waals surface area contributed by atoms with Gasteiger partial charge in [-0.1, -0.05) is 17.7 Å². The summed E-state index contributed by atoms with van der Waals surface area (Å²) in [6.45, 7) is 4.14. The molecule has 0 unspecified atom stereocenters. The molecule has 0 aromatic heterocycles. The van der Waals surface area contributed by atoms with Crippen molar-refractivity contribution < 1.29 is 13.2 Å². The van der Waals surface area contributed by atoms with Gasteiger partial charge in [-0.05, 0) is 60.1 Å². The zero-order valence-corrected chi connectivity index (χ0v) is 15.1. The summed E-state index contributed by atoms with van der Waals surface area (Å²) in [5.74, 6) is 0.595. The van der Waals surface area contributed by atoms with E-state index in [0.29, 0.717) is 22.5 Å². The summed E-state index contributed by atoms with van der Waals surface area (Å²) < 4.78 is 32.9. The molecule has 0 aliphatic heterocycles. The number of hydrogen-bond donors (Lipinski definition) is 0. The van der Waals surface area contributed by atoms with E-state index in [9.17, 15) is 8.42 Å². The van der Waals surface area contributed by atoms with Crippen molar-refractivity contribution in [1.29, 1.82) is 0 Å². The van der Waals surface area contributed by atoms with Crippen LogP contribution in [0, 0.1) is 6.92 Å². The van der Waals surface area contributed by atoms with Gasteiger partial charge >= 0.3 is 0 Å². The lowest BCUT2D eigenvalue weighted by Crippen LogP contribution is -2.30. The highest BCUT2D eigenvalue weighted by Crippen LogP contribution is 2.30. The minimum Gasteiger partial charge on any atom is -0.496 e. The highest BCUT2D eigenvalue weighted by atomic mass is 79.9. The molecule has 0 atom stereocenters. The number of benzene rings is 2. The molecular formula is C16H18BrNO3S. The zero-order valence-electron chi connectivity index (χ0n) is 12.7. The Morgan fingerprint density at radius 1 is 1.14 bits per heavy atom. The molecule has 0 aliphatic rings. The molecule has 0 amide bonds. The fraction of sp³-hybridized carbons (Fsp3) is 0.250. The number of rotatable bonds is 5. The molecule has 0 heterocycles. The third-order valence-corrected chi connectivity index (χ3v) is 5.84. The van der Waals surface area contributed by atoms with Gasteiger partial charge in [0.05, 0.1) is 22.2 Å². The first-order valence-electron chi connectivity index (χ1n) is 6.83. The lowest BCUT2D eigenvalue weighted by Gasteiger charge is -2.23. The molecule has 0 aliphatic carbocycles. The Morgan fingerprint density at radius 3 is 2.27 bits per heavy atom. The minimum atomic E-state index is -3.62. The second-order valence-corrected chi connectivity index (χ2v) is 7.52. The predicted octanol–water partition coefficient (Wildman–Crippen LogP) is 3.98. The molecule has 118 valence electrons. The van der Waals surface area contributed by atoms with E-state index in [1.54, 1.807) is 25.3 Å². The highest BCUT2D eigenvalue weighted by molar-refractivity contribution is 9.10. The van der Waals surface area contributed by atoms with E-state index in [1.165, 1.54) is 4.31 Å². The number of ether oxygens (including phenoxy) is 1. The maximum atomic E-state index is 12.9. The van der Waals surface area contributed by atoms with Gasteiger partial charge in [-0.3, -0.25) is 4.31 Å². The Labute approximate surface area is 139 Å². The number of aryl methyl sites for hydroxylation is 1. The van der Waals surface area contributed by atoms with Crippen LogP contribution in [0.1, 0.15) is 12.5 Å². The quantitative estimate of drug-likeness (QED) is 0.784. The van der Waals surface area contributed by atoms with Crippen LogP contribution in [0.15, 0.2) is 51.8 Å². The van der Waals surface area contributed by atoms with E-state index in [4.69, 9.17) is 4.74 Å². The summed E-state index contributed by atoms with van der Waals surface area (Å²) in [5, 5.41) is 0. The lowest BCUT2D eigenvalue weighted by molar-refractivity contribution is 0.411. The predicted molar refractivity (Wildman–Crippen MR) is 92.1 cm³/mol. The Morgan fingerprint density at radius 2 is 1.77 bits per heavy atom. The van der Waals surface area contributed by atoms with E-state index in [-0.39, 0.29) is 4.90 Å². The molecule has 2 rings (SSSR count). The Hall–Kier alpha value is -1.53. The van der Waals surface area contributed by atoms with Gasteiger partial charge in [-0.2, -0.15) is 0 Å². The topological polar surface area (TPSA) is 46.6 Å². The molecule has 0 saturated carbocycles. The van der Waals surface area contributed by atoms with Crippen LogP contribution in [-0.2, 0) is 10.0 Å².